The number of imidazole rings is 1. The van der Waals surface area contributed by atoms with E-state index < -0.39 is 10.0 Å². The smallest absolute Gasteiger partial charge is 0.211 e. The normalized spacial score (nSPS) is 11.8. The van der Waals surface area contributed by atoms with Gasteiger partial charge in [0.1, 0.15) is 0 Å². The van der Waals surface area contributed by atoms with Gasteiger partial charge in [-0.1, -0.05) is 0 Å². The molecule has 7 heteroatoms. The molecule has 0 bridgehead atoms. The first-order valence-electron chi connectivity index (χ1n) is 4.69. The highest BCUT2D eigenvalue weighted by atomic mass is 32.2. The first-order valence-corrected chi connectivity index (χ1v) is 6.35. The van der Waals surface area contributed by atoms with Crippen LogP contribution in [0, 0.1) is 0 Å². The number of hydrogen-bond acceptors (Lipinski definition) is 4. The molecule has 0 atom stereocenters. The van der Waals surface area contributed by atoms with Crippen LogP contribution in [0.3, 0.4) is 0 Å². The molecule has 1 heterocycles. The highest BCUT2D eigenvalue weighted by molar-refractivity contribution is 7.89. The number of hydrogen-bond donors (Lipinski definition) is 3. The minimum absolute atomic E-state index is 0.0352. The SMILES string of the molecule is O=S(=O)(CCCO)NCCc1cnc[nH]1. The van der Waals surface area contributed by atoms with E-state index in [0.717, 1.165) is 5.69 Å². The Morgan fingerprint density at radius 3 is 2.93 bits per heavy atom. The molecule has 0 aliphatic carbocycles. The van der Waals surface area contributed by atoms with Crippen LogP contribution in [0.4, 0.5) is 0 Å². The largest absolute Gasteiger partial charge is 0.396 e. The maximum atomic E-state index is 11.3. The lowest BCUT2D eigenvalue weighted by molar-refractivity contribution is 0.295. The molecule has 3 N–H and O–H groups in total. The standard InChI is InChI=1S/C8H15N3O3S/c12-4-1-5-15(13,14)11-3-2-8-6-9-7-10-8/h6-7,11-12H,1-5H2,(H,9,10). The van der Waals surface area contributed by atoms with E-state index in [1.807, 2.05) is 0 Å². The van der Waals surface area contributed by atoms with Crippen LogP contribution in [0.15, 0.2) is 12.5 Å². The van der Waals surface area contributed by atoms with Gasteiger partial charge in [-0.2, -0.15) is 0 Å². The molecule has 0 saturated carbocycles. The Balaban J connectivity index is 2.24. The summed E-state index contributed by atoms with van der Waals surface area (Å²) in [5, 5.41) is 8.50. The lowest BCUT2D eigenvalue weighted by atomic mass is 10.3. The number of aromatic amines is 1. The molecule has 0 unspecified atom stereocenters. The number of aromatic nitrogens is 2. The van der Waals surface area contributed by atoms with Gasteiger partial charge in [0.25, 0.3) is 0 Å². The second-order valence-electron chi connectivity index (χ2n) is 3.12. The van der Waals surface area contributed by atoms with E-state index in [4.69, 9.17) is 5.11 Å². The van der Waals surface area contributed by atoms with E-state index >= 15 is 0 Å². The Morgan fingerprint density at radius 2 is 2.33 bits per heavy atom. The minimum Gasteiger partial charge on any atom is -0.396 e. The molecular formula is C8H15N3O3S. The summed E-state index contributed by atoms with van der Waals surface area (Å²) in [6, 6.07) is 0. The number of aliphatic hydroxyl groups is 1. The average molecular weight is 233 g/mol. The monoisotopic (exact) mass is 233 g/mol. The zero-order valence-corrected chi connectivity index (χ0v) is 9.13. The van der Waals surface area contributed by atoms with Crippen LogP contribution >= 0.6 is 0 Å². The molecule has 1 aromatic heterocycles. The van der Waals surface area contributed by atoms with Crippen LogP contribution in [-0.2, 0) is 16.4 Å². The molecule has 1 aromatic rings. The summed E-state index contributed by atoms with van der Waals surface area (Å²) in [7, 11) is -3.24. The van der Waals surface area contributed by atoms with Crippen molar-refractivity contribution in [1.29, 1.82) is 0 Å². The van der Waals surface area contributed by atoms with Gasteiger partial charge < -0.3 is 10.1 Å². The van der Waals surface area contributed by atoms with Crippen molar-refractivity contribution in [3.63, 3.8) is 0 Å². The summed E-state index contributed by atoms with van der Waals surface area (Å²) in [6.07, 6.45) is 4.05. The third-order valence-electron chi connectivity index (χ3n) is 1.84. The summed E-state index contributed by atoms with van der Waals surface area (Å²) >= 11 is 0. The van der Waals surface area contributed by atoms with Crippen molar-refractivity contribution in [2.75, 3.05) is 18.9 Å². The molecule has 0 radical (unpaired) electrons. The fourth-order valence-corrected chi connectivity index (χ4v) is 2.16. The number of rotatable bonds is 7. The number of nitrogens with zero attached hydrogens (tertiary/aromatic N) is 1. The van der Waals surface area contributed by atoms with Crippen LogP contribution in [-0.4, -0.2) is 42.4 Å². The Morgan fingerprint density at radius 1 is 1.53 bits per heavy atom. The summed E-state index contributed by atoms with van der Waals surface area (Å²) in [4.78, 5) is 6.70. The minimum atomic E-state index is -3.24. The zero-order valence-electron chi connectivity index (χ0n) is 8.31. The Kier molecular flexibility index (Phi) is 4.73. The van der Waals surface area contributed by atoms with E-state index in [-0.39, 0.29) is 18.8 Å². The molecule has 1 rings (SSSR count). The Hall–Kier alpha value is -0.920. The van der Waals surface area contributed by atoms with Crippen molar-refractivity contribution in [3.05, 3.63) is 18.2 Å². The summed E-state index contributed by atoms with van der Waals surface area (Å²) in [5.74, 6) is -0.0352. The fraction of sp³-hybridized carbons (Fsp3) is 0.625. The fourth-order valence-electron chi connectivity index (χ4n) is 1.09. The van der Waals surface area contributed by atoms with Crippen LogP contribution < -0.4 is 4.72 Å². The molecule has 0 spiro atoms. The van der Waals surface area contributed by atoms with Gasteiger partial charge in [0, 0.05) is 31.5 Å². The van der Waals surface area contributed by atoms with Crippen molar-refractivity contribution in [1.82, 2.24) is 14.7 Å². The van der Waals surface area contributed by atoms with Gasteiger partial charge in [-0.25, -0.2) is 18.1 Å². The maximum Gasteiger partial charge on any atom is 0.211 e. The predicted molar refractivity (Wildman–Crippen MR) is 55.8 cm³/mol. The van der Waals surface area contributed by atoms with Crippen molar-refractivity contribution < 1.29 is 13.5 Å². The summed E-state index contributed by atoms with van der Waals surface area (Å²) < 4.78 is 25.0. The van der Waals surface area contributed by atoms with E-state index in [9.17, 15) is 8.42 Å². The maximum absolute atomic E-state index is 11.3. The second kappa shape index (κ2) is 5.84. The predicted octanol–water partition coefficient (Wildman–Crippen LogP) is -0.746. The van der Waals surface area contributed by atoms with E-state index in [2.05, 4.69) is 14.7 Å². The summed E-state index contributed by atoms with van der Waals surface area (Å²) in [6.45, 7) is 0.234. The molecule has 0 saturated heterocycles. The van der Waals surface area contributed by atoms with Crippen molar-refractivity contribution in [3.8, 4) is 0 Å². The molecule has 0 aliphatic heterocycles. The zero-order chi connectivity index (χ0) is 11.1. The number of H-pyrrole nitrogens is 1. The van der Waals surface area contributed by atoms with Crippen LogP contribution in [0.2, 0.25) is 0 Å². The van der Waals surface area contributed by atoms with Crippen LogP contribution in [0.5, 0.6) is 0 Å². The molecule has 86 valence electrons. The third kappa shape index (κ3) is 4.91. The van der Waals surface area contributed by atoms with Crippen LogP contribution in [0.25, 0.3) is 0 Å². The molecule has 0 fully saturated rings. The van der Waals surface area contributed by atoms with Gasteiger partial charge in [0.2, 0.25) is 10.0 Å². The lowest BCUT2D eigenvalue weighted by Crippen LogP contribution is -2.28. The molecule has 15 heavy (non-hydrogen) atoms. The van der Waals surface area contributed by atoms with Gasteiger partial charge in [-0.3, -0.25) is 0 Å². The molecular weight excluding hydrogens is 218 g/mol. The first-order chi connectivity index (χ1) is 7.14. The van der Waals surface area contributed by atoms with E-state index in [1.165, 1.54) is 0 Å². The lowest BCUT2D eigenvalue weighted by Gasteiger charge is -2.04. The topological polar surface area (TPSA) is 95.1 Å². The van der Waals surface area contributed by atoms with Gasteiger partial charge in [-0.15, -0.1) is 0 Å². The Labute approximate surface area is 88.8 Å². The number of aliphatic hydroxyl groups excluding tert-OH is 1. The quantitative estimate of drug-likeness (QED) is 0.577. The van der Waals surface area contributed by atoms with Gasteiger partial charge in [-0.05, 0) is 6.42 Å². The van der Waals surface area contributed by atoms with Crippen molar-refractivity contribution >= 4 is 10.0 Å². The second-order valence-corrected chi connectivity index (χ2v) is 5.04. The molecule has 0 amide bonds. The number of nitrogens with one attached hydrogen (secondary N) is 2. The van der Waals surface area contributed by atoms with Gasteiger partial charge in [0.15, 0.2) is 0 Å². The highest BCUT2D eigenvalue weighted by Gasteiger charge is 2.08. The third-order valence-corrected chi connectivity index (χ3v) is 3.31. The van der Waals surface area contributed by atoms with E-state index in [0.29, 0.717) is 13.0 Å². The summed E-state index contributed by atoms with van der Waals surface area (Å²) in [5.41, 5.74) is 0.889. The van der Waals surface area contributed by atoms with Gasteiger partial charge >= 0.3 is 0 Å². The molecule has 6 nitrogen and oxygen atoms in total. The van der Waals surface area contributed by atoms with Crippen LogP contribution in [0.1, 0.15) is 12.1 Å². The van der Waals surface area contributed by atoms with Crippen molar-refractivity contribution in [2.45, 2.75) is 12.8 Å². The average Bonchev–Trinajstić information content (AvgIpc) is 2.67. The first kappa shape index (κ1) is 12.2. The Bertz CT molecular complexity index is 360. The number of sulfonamides is 1. The highest BCUT2D eigenvalue weighted by Crippen LogP contribution is 1.93. The van der Waals surface area contributed by atoms with Gasteiger partial charge in [0.05, 0.1) is 12.1 Å². The van der Waals surface area contributed by atoms with Crippen molar-refractivity contribution in [2.24, 2.45) is 0 Å². The molecule has 0 aromatic carbocycles. The molecule has 0 aliphatic rings. The van der Waals surface area contributed by atoms with E-state index in [1.54, 1.807) is 12.5 Å².